The average molecular weight is 238 g/mol. The van der Waals surface area contributed by atoms with Crippen molar-refractivity contribution >= 4 is 0 Å². The summed E-state index contributed by atoms with van der Waals surface area (Å²) < 4.78 is 0. The van der Waals surface area contributed by atoms with Crippen LogP contribution in [0.5, 0.6) is 0 Å². The second-order valence-electron chi connectivity index (χ2n) is 8.05. The van der Waals surface area contributed by atoms with Crippen LogP contribution < -0.4 is 0 Å². The average Bonchev–Trinajstić information content (AvgIpc) is 2.37. The van der Waals surface area contributed by atoms with Crippen molar-refractivity contribution in [1.29, 1.82) is 0 Å². The smallest absolute Gasteiger partial charge is 0.0334 e. The molecule has 0 amide bonds. The van der Waals surface area contributed by atoms with Crippen molar-refractivity contribution < 1.29 is 0 Å². The minimum Gasteiger partial charge on any atom is -0.0625 e. The van der Waals surface area contributed by atoms with Crippen LogP contribution in [0, 0.1) is 35.0 Å². The van der Waals surface area contributed by atoms with E-state index in [-0.39, 0.29) is 0 Å². The lowest BCUT2D eigenvalue weighted by atomic mass is 9.66. The summed E-state index contributed by atoms with van der Waals surface area (Å²) in [6.07, 6.45) is 5.84. The number of rotatable bonds is 2. The normalized spacial score (nSPS) is 31.9. The third-order valence-corrected chi connectivity index (χ3v) is 5.09. The Bertz CT molecular complexity index is 219. The van der Waals surface area contributed by atoms with Crippen molar-refractivity contribution in [3.8, 4) is 0 Å². The highest BCUT2D eigenvalue weighted by Gasteiger charge is 2.37. The van der Waals surface area contributed by atoms with Gasteiger partial charge >= 0.3 is 0 Å². The summed E-state index contributed by atoms with van der Waals surface area (Å²) in [6.45, 7) is 17.0. The van der Waals surface area contributed by atoms with E-state index in [1.807, 2.05) is 0 Å². The molecule has 0 bridgehead atoms. The van der Waals surface area contributed by atoms with Crippen LogP contribution in [0.1, 0.15) is 74.1 Å². The van der Waals surface area contributed by atoms with Gasteiger partial charge in [-0.15, -0.1) is 0 Å². The lowest BCUT2D eigenvalue weighted by Gasteiger charge is -2.39. The van der Waals surface area contributed by atoms with Gasteiger partial charge < -0.3 is 0 Å². The fourth-order valence-corrected chi connectivity index (χ4v) is 3.86. The summed E-state index contributed by atoms with van der Waals surface area (Å²) in [5, 5.41) is 0. The monoisotopic (exact) mass is 238 g/mol. The van der Waals surface area contributed by atoms with Gasteiger partial charge in [0, 0.05) is 0 Å². The molecule has 0 heteroatoms. The van der Waals surface area contributed by atoms with Crippen LogP contribution in [0.4, 0.5) is 0 Å². The first kappa shape index (κ1) is 15.1. The third kappa shape index (κ3) is 4.00. The molecule has 1 fully saturated rings. The van der Waals surface area contributed by atoms with Crippen molar-refractivity contribution in [3.63, 3.8) is 0 Å². The van der Waals surface area contributed by atoms with E-state index in [4.69, 9.17) is 0 Å². The molecule has 0 aromatic rings. The first-order valence-corrected chi connectivity index (χ1v) is 7.73. The molecule has 0 spiro atoms. The standard InChI is InChI=1S/C17H34/c1-12(2)14-9-8-10-16(17(5,6)7)15(11-14)13(3)4/h12-16H,8-11H2,1-7H3. The Balaban J connectivity index is 2.85. The Morgan fingerprint density at radius 1 is 0.882 bits per heavy atom. The summed E-state index contributed by atoms with van der Waals surface area (Å²) in [7, 11) is 0. The second-order valence-corrected chi connectivity index (χ2v) is 8.05. The molecule has 0 aromatic heterocycles. The molecular weight excluding hydrogens is 204 g/mol. The van der Waals surface area contributed by atoms with Crippen molar-refractivity contribution in [3.05, 3.63) is 0 Å². The van der Waals surface area contributed by atoms with Crippen LogP contribution >= 0.6 is 0 Å². The molecule has 102 valence electrons. The topological polar surface area (TPSA) is 0 Å². The first-order chi connectivity index (χ1) is 7.73. The predicted molar refractivity (Wildman–Crippen MR) is 78.1 cm³/mol. The zero-order valence-electron chi connectivity index (χ0n) is 13.2. The lowest BCUT2D eigenvalue weighted by molar-refractivity contribution is 0.101. The largest absolute Gasteiger partial charge is 0.0625 e. The van der Waals surface area contributed by atoms with Crippen molar-refractivity contribution in [2.24, 2.45) is 35.0 Å². The SMILES string of the molecule is CC(C)C1CCCC(C(C)(C)C)C(C(C)C)C1. The van der Waals surface area contributed by atoms with Crippen LogP contribution in [-0.4, -0.2) is 0 Å². The Morgan fingerprint density at radius 2 is 1.47 bits per heavy atom. The van der Waals surface area contributed by atoms with Crippen molar-refractivity contribution in [2.45, 2.75) is 74.1 Å². The maximum Gasteiger partial charge on any atom is -0.0334 e. The van der Waals surface area contributed by atoms with E-state index in [0.717, 1.165) is 29.6 Å². The summed E-state index contributed by atoms with van der Waals surface area (Å²) >= 11 is 0. The van der Waals surface area contributed by atoms with Gasteiger partial charge in [-0.05, 0) is 47.8 Å². The third-order valence-electron chi connectivity index (χ3n) is 5.09. The molecule has 1 aliphatic carbocycles. The van der Waals surface area contributed by atoms with E-state index in [0.29, 0.717) is 5.41 Å². The molecule has 0 saturated heterocycles. The van der Waals surface area contributed by atoms with Crippen LogP contribution in [0.3, 0.4) is 0 Å². The predicted octanol–water partition coefficient (Wildman–Crippen LogP) is 5.77. The van der Waals surface area contributed by atoms with Gasteiger partial charge in [-0.3, -0.25) is 0 Å². The van der Waals surface area contributed by atoms with Gasteiger partial charge in [-0.1, -0.05) is 61.3 Å². The molecule has 1 saturated carbocycles. The molecule has 1 rings (SSSR count). The first-order valence-electron chi connectivity index (χ1n) is 7.73. The fraction of sp³-hybridized carbons (Fsp3) is 1.00. The summed E-state index contributed by atoms with van der Waals surface area (Å²) in [6, 6.07) is 0. The molecule has 0 N–H and O–H groups in total. The zero-order chi connectivity index (χ0) is 13.2. The molecule has 0 aliphatic heterocycles. The molecule has 0 heterocycles. The zero-order valence-corrected chi connectivity index (χ0v) is 13.2. The van der Waals surface area contributed by atoms with Crippen LogP contribution in [-0.2, 0) is 0 Å². The number of hydrogen-bond donors (Lipinski definition) is 0. The van der Waals surface area contributed by atoms with Crippen molar-refractivity contribution in [1.82, 2.24) is 0 Å². The Kier molecular flexibility index (Phi) is 5.10. The summed E-state index contributed by atoms with van der Waals surface area (Å²) in [5.74, 6) is 4.54. The lowest BCUT2D eigenvalue weighted by Crippen LogP contribution is -2.31. The van der Waals surface area contributed by atoms with E-state index in [1.165, 1.54) is 25.7 Å². The molecule has 3 unspecified atom stereocenters. The number of hydrogen-bond acceptors (Lipinski definition) is 0. The van der Waals surface area contributed by atoms with Crippen LogP contribution in [0.15, 0.2) is 0 Å². The van der Waals surface area contributed by atoms with Gasteiger partial charge in [-0.25, -0.2) is 0 Å². The van der Waals surface area contributed by atoms with Gasteiger partial charge in [0.2, 0.25) is 0 Å². The fourth-order valence-electron chi connectivity index (χ4n) is 3.86. The van der Waals surface area contributed by atoms with Gasteiger partial charge in [-0.2, -0.15) is 0 Å². The molecule has 0 nitrogen and oxygen atoms in total. The van der Waals surface area contributed by atoms with E-state index in [9.17, 15) is 0 Å². The maximum atomic E-state index is 2.45. The van der Waals surface area contributed by atoms with Gasteiger partial charge in [0.25, 0.3) is 0 Å². The highest BCUT2D eigenvalue weighted by molar-refractivity contribution is 4.87. The molecule has 3 atom stereocenters. The Hall–Kier alpha value is 0. The molecular formula is C17H34. The molecule has 1 aliphatic rings. The highest BCUT2D eigenvalue weighted by Crippen LogP contribution is 2.46. The second kappa shape index (κ2) is 5.76. The molecule has 17 heavy (non-hydrogen) atoms. The Morgan fingerprint density at radius 3 is 1.88 bits per heavy atom. The quantitative estimate of drug-likeness (QED) is 0.536. The van der Waals surface area contributed by atoms with Crippen molar-refractivity contribution in [2.75, 3.05) is 0 Å². The molecule has 0 aromatic carbocycles. The van der Waals surface area contributed by atoms with Crippen LogP contribution in [0.25, 0.3) is 0 Å². The van der Waals surface area contributed by atoms with E-state index >= 15 is 0 Å². The Labute approximate surface area is 110 Å². The highest BCUT2D eigenvalue weighted by atomic mass is 14.4. The van der Waals surface area contributed by atoms with Gasteiger partial charge in [0.05, 0.1) is 0 Å². The van der Waals surface area contributed by atoms with E-state index in [2.05, 4.69) is 48.5 Å². The summed E-state index contributed by atoms with van der Waals surface area (Å²) in [5.41, 5.74) is 0.487. The van der Waals surface area contributed by atoms with E-state index in [1.54, 1.807) is 0 Å². The van der Waals surface area contributed by atoms with Crippen LogP contribution in [0.2, 0.25) is 0 Å². The van der Waals surface area contributed by atoms with Gasteiger partial charge in [0.1, 0.15) is 0 Å². The molecule has 0 radical (unpaired) electrons. The van der Waals surface area contributed by atoms with Gasteiger partial charge in [0.15, 0.2) is 0 Å². The summed E-state index contributed by atoms with van der Waals surface area (Å²) in [4.78, 5) is 0. The minimum atomic E-state index is 0.487. The maximum absolute atomic E-state index is 2.45. The van der Waals surface area contributed by atoms with E-state index < -0.39 is 0 Å². The minimum absolute atomic E-state index is 0.487.